The second kappa shape index (κ2) is 10.6. The Morgan fingerprint density at radius 3 is 1.91 bits per heavy atom. The van der Waals surface area contributed by atoms with Gasteiger partial charge in [-0.2, -0.15) is 0 Å². The van der Waals surface area contributed by atoms with Gasteiger partial charge >= 0.3 is 321 Å². The number of benzene rings is 4. The van der Waals surface area contributed by atoms with Crippen LogP contribution in [0.5, 0.6) is 0 Å². The summed E-state index contributed by atoms with van der Waals surface area (Å²) >= 11 is -0.969. The average Bonchev–Trinajstić information content (AvgIpc) is 3.86. The average molecular weight is 872 g/mol. The Bertz CT molecular complexity index is 2700. The summed E-state index contributed by atoms with van der Waals surface area (Å²) in [5.74, 6) is 0. The van der Waals surface area contributed by atoms with Crippen LogP contribution in [0, 0.1) is 25.1 Å². The molecule has 4 bridgehead atoms. The van der Waals surface area contributed by atoms with Gasteiger partial charge in [-0.05, 0) is 0 Å². The number of fused-ring (bicyclic) bond motifs is 6. The molecule has 7 heteroatoms. The predicted octanol–water partition coefficient (Wildman–Crippen LogP) is 8.15. The first-order valence-corrected chi connectivity index (χ1v) is 20.8. The summed E-state index contributed by atoms with van der Waals surface area (Å²) in [7, 11) is 4.39. The van der Waals surface area contributed by atoms with Crippen LogP contribution in [0.2, 0.25) is 0 Å². The van der Waals surface area contributed by atoms with E-state index >= 15 is 0 Å². The van der Waals surface area contributed by atoms with E-state index in [1.165, 1.54) is 41.7 Å². The second-order valence-corrected chi connectivity index (χ2v) is 19.1. The molecular formula is C46H43IrN6-3. The summed E-state index contributed by atoms with van der Waals surface area (Å²) in [5.41, 5.74) is 8.68. The molecule has 0 N–H and O–H groups in total. The van der Waals surface area contributed by atoms with Crippen molar-refractivity contribution in [3.05, 3.63) is 155 Å². The Morgan fingerprint density at radius 1 is 0.660 bits per heavy atom. The molecule has 6 aromatic rings. The molecule has 0 spiro atoms. The second-order valence-electron chi connectivity index (χ2n) is 16.4. The van der Waals surface area contributed by atoms with Crippen molar-refractivity contribution in [3.63, 3.8) is 0 Å². The minimum atomic E-state index is -0.969. The van der Waals surface area contributed by atoms with Crippen molar-refractivity contribution >= 4 is 35.9 Å². The zero-order chi connectivity index (χ0) is 36.8. The summed E-state index contributed by atoms with van der Waals surface area (Å²) < 4.78 is 5.13. The van der Waals surface area contributed by atoms with E-state index in [0.717, 1.165) is 33.4 Å². The fourth-order valence-electron chi connectivity index (χ4n) is 9.27. The van der Waals surface area contributed by atoms with E-state index in [-0.39, 0.29) is 10.8 Å². The number of aromatic nitrogens is 2. The van der Waals surface area contributed by atoms with Gasteiger partial charge in [-0.3, -0.25) is 0 Å². The van der Waals surface area contributed by atoms with Crippen molar-refractivity contribution in [2.24, 2.45) is 0 Å². The van der Waals surface area contributed by atoms with Crippen molar-refractivity contribution in [1.29, 1.82) is 0 Å². The first kappa shape index (κ1) is 32.8. The van der Waals surface area contributed by atoms with E-state index in [0.29, 0.717) is 0 Å². The van der Waals surface area contributed by atoms with Gasteiger partial charge in [0.25, 0.3) is 0 Å². The number of pyridine rings is 1. The molecule has 0 fully saturated rings. The minimum absolute atomic E-state index is 0.199. The van der Waals surface area contributed by atoms with E-state index in [9.17, 15) is 0 Å². The van der Waals surface area contributed by atoms with Crippen LogP contribution in [-0.4, -0.2) is 51.6 Å². The van der Waals surface area contributed by atoms with Crippen LogP contribution in [-0.2, 0) is 38.7 Å². The maximum absolute atomic E-state index is 5.94. The molecule has 10 rings (SSSR count). The van der Waals surface area contributed by atoms with Crippen LogP contribution in [0.15, 0.2) is 97.6 Å². The fourth-order valence-corrected chi connectivity index (χ4v) is 13.0. The maximum atomic E-state index is 5.94. The molecule has 0 saturated carbocycles. The molecule has 53 heavy (non-hydrogen) atoms. The number of hydrogen-bond acceptors (Lipinski definition) is 5. The van der Waals surface area contributed by atoms with Crippen molar-refractivity contribution in [2.75, 3.05) is 14.1 Å². The Kier molecular flexibility index (Phi) is 6.58. The van der Waals surface area contributed by atoms with Gasteiger partial charge in [-0.25, -0.2) is 0 Å². The van der Waals surface area contributed by atoms with Crippen molar-refractivity contribution < 1.29 is 16.8 Å². The molecule has 269 valence electrons. The molecule has 0 amide bonds. The van der Waals surface area contributed by atoms with Crippen molar-refractivity contribution in [3.8, 4) is 0 Å². The fraction of sp³-hybridized carbons (Fsp3) is 0.283. The molecule has 6 heterocycles. The molecule has 0 radical (unpaired) electrons. The number of imidazole rings is 1. The normalized spacial score (nSPS) is 23.9. The standard InChI is InChI=1S/C46H43N6.Ir/c1-31-20-23-37-39-38(31)35-22-21-34(45(6,32-16-12-10-13-17-32)50-26-24-48(8)29-50)28-36(35)42-47-40(41(52(39)42)44(4,5)43(37,2)3)46(7,33-18-14-11-15-19-33)51-27-25-49(9)30-51;/h10-16,18,20-27H,1-9H3;/q-3;/t45?,46-;/m0./s1. The Balaban J connectivity index is 1.49. The summed E-state index contributed by atoms with van der Waals surface area (Å²) in [6.07, 6.45) is 8.98. The van der Waals surface area contributed by atoms with Crippen LogP contribution in [0.25, 0.3) is 27.3 Å². The Morgan fingerprint density at radius 2 is 1.28 bits per heavy atom. The predicted molar refractivity (Wildman–Crippen MR) is 211 cm³/mol. The molecule has 1 unspecified atom stereocenters. The molecule has 2 atom stereocenters. The molecule has 4 aliphatic rings. The third-order valence-electron chi connectivity index (χ3n) is 13.1. The molecule has 4 aliphatic heterocycles. The van der Waals surface area contributed by atoms with Crippen LogP contribution >= 0.6 is 0 Å². The zero-order valence-electron chi connectivity index (χ0n) is 31.8. The zero-order valence-corrected chi connectivity index (χ0v) is 34.1. The summed E-state index contributed by atoms with van der Waals surface area (Å²) in [5, 5.41) is 3.52. The van der Waals surface area contributed by atoms with Crippen LogP contribution in [0.1, 0.15) is 80.7 Å². The topological polar surface area (TPSA) is 30.3 Å². The molecular weight excluding hydrogens is 829 g/mol. The van der Waals surface area contributed by atoms with Gasteiger partial charge in [-0.15, -0.1) is 0 Å². The van der Waals surface area contributed by atoms with E-state index in [4.69, 9.17) is 4.98 Å². The van der Waals surface area contributed by atoms with Gasteiger partial charge in [0.05, 0.1) is 0 Å². The number of rotatable bonds is 2. The first-order valence-electron chi connectivity index (χ1n) is 18.4. The Labute approximate surface area is 319 Å². The van der Waals surface area contributed by atoms with E-state index in [2.05, 4.69) is 196 Å². The molecule has 0 saturated heterocycles. The van der Waals surface area contributed by atoms with E-state index < -0.39 is 27.9 Å². The van der Waals surface area contributed by atoms with Gasteiger partial charge in [0, 0.05) is 0 Å². The van der Waals surface area contributed by atoms with Crippen LogP contribution < -0.4 is 0 Å². The summed E-state index contributed by atoms with van der Waals surface area (Å²) in [6, 6.07) is 37.8. The quantitative estimate of drug-likeness (QED) is 0.130. The van der Waals surface area contributed by atoms with Crippen molar-refractivity contribution in [2.45, 2.75) is 70.4 Å². The van der Waals surface area contributed by atoms with Gasteiger partial charge in [0.1, 0.15) is 0 Å². The van der Waals surface area contributed by atoms with Gasteiger partial charge in [-0.1, -0.05) is 0 Å². The summed E-state index contributed by atoms with van der Waals surface area (Å²) in [6.45, 7) is 16.7. The van der Waals surface area contributed by atoms with E-state index in [1.54, 1.807) is 0 Å². The van der Waals surface area contributed by atoms with Crippen molar-refractivity contribution in [1.82, 2.24) is 29.0 Å². The number of hydrogen-bond donors (Lipinski definition) is 0. The first-order chi connectivity index (χ1) is 25.3. The van der Waals surface area contributed by atoms with E-state index in [1.807, 2.05) is 6.07 Å². The Hall–Kier alpha value is -4.84. The monoisotopic (exact) mass is 872 g/mol. The number of aryl methyl sites for hydroxylation is 1. The molecule has 0 aliphatic carbocycles. The van der Waals surface area contributed by atoms with Crippen LogP contribution in [0.4, 0.5) is 0 Å². The summed E-state index contributed by atoms with van der Waals surface area (Å²) in [4.78, 5) is 15.6. The third-order valence-corrected chi connectivity index (χ3v) is 17.0. The molecule has 2 aromatic heterocycles. The molecule has 6 nitrogen and oxygen atoms in total. The van der Waals surface area contributed by atoms with Gasteiger partial charge < -0.3 is 0 Å². The SMILES string of the molecule is Cc1ccc2c3c1c1ccc4[c-]c1c1nc(c(n13)C(C)(C)C2(C)C)[C@](C)(c1[c-]cccc1)N1C=CN(C)[C]1=[Ir]=[C]1N(C)C=CN1C4(C)c1[c-]cccc1. The number of nitrogens with zero attached hydrogens (tertiary/aromatic N) is 6. The molecule has 4 aromatic carbocycles. The van der Waals surface area contributed by atoms with Crippen LogP contribution in [0.3, 0.4) is 0 Å². The van der Waals surface area contributed by atoms with Gasteiger partial charge in [0.2, 0.25) is 0 Å². The van der Waals surface area contributed by atoms with Gasteiger partial charge in [0.15, 0.2) is 0 Å². The third kappa shape index (κ3) is 3.94.